The van der Waals surface area contributed by atoms with Gasteiger partial charge in [0.15, 0.2) is 5.75 Å². The molecule has 0 spiro atoms. The molecule has 9 unspecified atom stereocenters. The molecule has 0 aromatic heterocycles. The predicted octanol–water partition coefficient (Wildman–Crippen LogP) is 6.28. The lowest BCUT2D eigenvalue weighted by molar-refractivity contribution is -0.160. The van der Waals surface area contributed by atoms with Crippen LogP contribution in [0.1, 0.15) is 80.3 Å². The number of nitrogens with zero attached hydrogens (tertiary/aromatic N) is 1. The van der Waals surface area contributed by atoms with Gasteiger partial charge in [0.1, 0.15) is 23.4 Å². The first kappa shape index (κ1) is 47.3. The summed E-state index contributed by atoms with van der Waals surface area (Å²) in [5.41, 5.74) is 1.59. The topological polar surface area (TPSA) is 243 Å². The fraction of sp³-hybridized carbons (Fsp3) is 0.400. The Morgan fingerprint density at radius 1 is 0.935 bits per heavy atom. The summed E-state index contributed by atoms with van der Waals surface area (Å²) < 4.78 is 24.2. The number of carbonyl (C=O) groups excluding carboxylic acids is 4. The van der Waals surface area contributed by atoms with Crippen LogP contribution in [0.15, 0.2) is 70.0 Å². The first-order chi connectivity index (χ1) is 29.1. The highest BCUT2D eigenvalue weighted by Crippen LogP contribution is 2.55. The molecule has 0 saturated carbocycles. The summed E-state index contributed by atoms with van der Waals surface area (Å²) in [6.07, 6.45) is 4.16. The molecule has 3 aromatic carbocycles. The number of allylic oxidation sites excluding steroid dienone is 2. The van der Waals surface area contributed by atoms with E-state index in [1.165, 1.54) is 65.2 Å². The van der Waals surface area contributed by atoms with Crippen molar-refractivity contribution in [1.29, 1.82) is 0 Å². The molecular formula is C45H52BrN3O13. The van der Waals surface area contributed by atoms with Gasteiger partial charge in [-0.1, -0.05) is 61.9 Å². The molecule has 2 amide bonds. The summed E-state index contributed by atoms with van der Waals surface area (Å²) in [5.74, 6) is -9.83. The van der Waals surface area contributed by atoms with E-state index >= 15 is 0 Å². The average Bonchev–Trinajstić information content (AvgIpc) is 3.50. The maximum absolute atomic E-state index is 14.4. The van der Waals surface area contributed by atoms with Crippen LogP contribution >= 0.6 is 15.9 Å². The Morgan fingerprint density at radius 2 is 1.60 bits per heavy atom. The van der Waals surface area contributed by atoms with Gasteiger partial charge >= 0.3 is 11.8 Å². The summed E-state index contributed by atoms with van der Waals surface area (Å²) in [4.78, 5) is 53.4. The van der Waals surface area contributed by atoms with Crippen molar-refractivity contribution in [3.8, 4) is 23.0 Å². The van der Waals surface area contributed by atoms with Gasteiger partial charge < -0.3 is 49.8 Å². The maximum Gasteiger partial charge on any atom is 0.312 e. The first-order valence-electron chi connectivity index (χ1n) is 19.8. The van der Waals surface area contributed by atoms with E-state index in [9.17, 15) is 44.7 Å². The number of ether oxygens (including phenoxy) is 4. The molecule has 0 radical (unpaired) electrons. The molecule has 3 heterocycles. The van der Waals surface area contributed by atoms with Crippen LogP contribution in [0.4, 0.5) is 5.69 Å². The van der Waals surface area contributed by atoms with Gasteiger partial charge in [-0.25, -0.2) is 5.43 Å². The van der Waals surface area contributed by atoms with Crippen molar-refractivity contribution in [2.45, 2.75) is 85.6 Å². The van der Waals surface area contributed by atoms with E-state index in [0.29, 0.717) is 0 Å². The van der Waals surface area contributed by atoms with Gasteiger partial charge in [-0.3, -0.25) is 19.2 Å². The number of fused-ring (bicyclic) bond motifs is 14. The van der Waals surface area contributed by atoms with E-state index in [1.807, 2.05) is 0 Å². The van der Waals surface area contributed by atoms with Gasteiger partial charge in [-0.05, 0) is 44.2 Å². The number of benzene rings is 3. The fourth-order valence-electron chi connectivity index (χ4n) is 7.69. The Balaban J connectivity index is 1.70. The van der Waals surface area contributed by atoms with Crippen LogP contribution in [0, 0.1) is 30.6 Å². The number of methoxy groups -OCH3 is 1. The van der Waals surface area contributed by atoms with Gasteiger partial charge in [-0.2, -0.15) is 5.10 Å². The monoisotopic (exact) mass is 921 g/mol. The van der Waals surface area contributed by atoms with E-state index in [0.717, 1.165) is 16.9 Å². The lowest BCUT2D eigenvalue weighted by Gasteiger charge is -2.38. The number of ketones is 1. The number of hydrazone groups is 1. The molecule has 0 saturated heterocycles. The summed E-state index contributed by atoms with van der Waals surface area (Å²) in [6, 6.07) is 6.37. The number of phenolic OH excluding ortho intramolecular Hbond substituents is 3. The summed E-state index contributed by atoms with van der Waals surface area (Å²) >= 11 is 3.31. The van der Waals surface area contributed by atoms with E-state index in [2.05, 4.69) is 31.8 Å². The summed E-state index contributed by atoms with van der Waals surface area (Å²) in [5, 5.41) is 64.1. The number of aliphatic hydroxyl groups is 2. The Labute approximate surface area is 367 Å². The molecule has 3 aliphatic heterocycles. The largest absolute Gasteiger partial charge is 0.507 e. The minimum Gasteiger partial charge on any atom is -0.507 e. The van der Waals surface area contributed by atoms with Crippen LogP contribution in [0.25, 0.3) is 10.8 Å². The highest BCUT2D eigenvalue weighted by Gasteiger charge is 2.50. The zero-order chi connectivity index (χ0) is 46.0. The Morgan fingerprint density at radius 3 is 2.23 bits per heavy atom. The smallest absolute Gasteiger partial charge is 0.312 e. The van der Waals surface area contributed by atoms with Crippen LogP contribution in [0.5, 0.6) is 23.0 Å². The summed E-state index contributed by atoms with van der Waals surface area (Å²) in [7, 11) is 1.41. The minimum absolute atomic E-state index is 0.00950. The second kappa shape index (κ2) is 19.1. The van der Waals surface area contributed by atoms with Gasteiger partial charge in [0.05, 0.1) is 53.0 Å². The second-order valence-electron chi connectivity index (χ2n) is 15.8. The zero-order valence-corrected chi connectivity index (χ0v) is 37.3. The molecule has 7 N–H and O–H groups in total. The minimum atomic E-state index is -2.11. The average molecular weight is 923 g/mol. The Hall–Kier alpha value is -5.75. The van der Waals surface area contributed by atoms with Crippen LogP contribution < -0.4 is 15.5 Å². The number of aromatic hydroxyl groups is 3. The van der Waals surface area contributed by atoms with Crippen molar-refractivity contribution in [2.75, 3.05) is 12.4 Å². The molecule has 16 nitrogen and oxygen atoms in total. The standard InChI is InChI=1S/C45H52BrN3O13/c1-20-11-10-12-21(2)43(57)48-34-29(19-47-49-44(58)27-13-15-28(46)16-14-27)38(54)31-32(39(34)55)37(53)25(6)41-33(31)42(56)45(8,62-41)60-18-17-30(59-9)22(3)40(61-26(7)50)24(5)36(52)23(4)35(20)51/h10-20,22-24,30,35-36,40,51-55H,1-9H3,(H,48,57)(H,49,58)/b11-10+,18-17+,21-12+,47-19+. The Kier molecular flexibility index (Phi) is 14.6. The van der Waals surface area contributed by atoms with Crippen LogP contribution in [-0.4, -0.2) is 92.6 Å². The molecule has 9 atom stereocenters. The third kappa shape index (κ3) is 9.35. The number of carbonyl (C=O) groups is 4. The number of nitrogens with one attached hydrogen (secondary N) is 2. The van der Waals surface area contributed by atoms with Crippen molar-refractivity contribution in [3.05, 3.63) is 87.1 Å². The molecule has 3 aliphatic rings. The maximum atomic E-state index is 14.4. The molecule has 0 fully saturated rings. The number of hydrogen-bond acceptors (Lipinski definition) is 14. The lowest BCUT2D eigenvalue weighted by atomic mass is 9.78. The number of hydrogen-bond donors (Lipinski definition) is 7. The van der Waals surface area contributed by atoms with Gasteiger partial charge in [0.25, 0.3) is 17.6 Å². The number of anilines is 1. The highest BCUT2D eigenvalue weighted by atomic mass is 79.9. The van der Waals surface area contributed by atoms with Crippen LogP contribution in [0.3, 0.4) is 0 Å². The quantitative estimate of drug-likeness (QED) is 0.0491. The third-order valence-electron chi connectivity index (χ3n) is 11.5. The number of esters is 1. The van der Waals surface area contributed by atoms with Crippen LogP contribution in [-0.2, 0) is 23.8 Å². The number of rotatable bonds is 5. The van der Waals surface area contributed by atoms with Gasteiger partial charge in [0, 0.05) is 71.2 Å². The third-order valence-corrected chi connectivity index (χ3v) is 12.0. The van der Waals surface area contributed by atoms with Crippen molar-refractivity contribution >= 4 is 62.2 Å². The normalized spacial score (nSPS) is 29.1. The van der Waals surface area contributed by atoms with Crippen molar-refractivity contribution in [2.24, 2.45) is 28.8 Å². The highest BCUT2D eigenvalue weighted by molar-refractivity contribution is 9.10. The molecular weight excluding hydrogens is 870 g/mol. The summed E-state index contributed by atoms with van der Waals surface area (Å²) in [6.45, 7) is 12.2. The molecule has 3 aromatic rings. The number of phenols is 3. The lowest BCUT2D eigenvalue weighted by Crippen LogP contribution is -2.46. The molecule has 5 bridgehead atoms. The van der Waals surface area contributed by atoms with E-state index < -0.39 is 106 Å². The fourth-order valence-corrected chi connectivity index (χ4v) is 7.96. The Bertz CT molecular complexity index is 2380. The predicted molar refractivity (Wildman–Crippen MR) is 233 cm³/mol. The van der Waals surface area contributed by atoms with Gasteiger partial charge in [0.2, 0.25) is 0 Å². The molecule has 332 valence electrons. The second-order valence-corrected chi connectivity index (χ2v) is 16.7. The first-order valence-corrected chi connectivity index (χ1v) is 20.6. The molecule has 0 aliphatic carbocycles. The van der Waals surface area contributed by atoms with Crippen LogP contribution in [0.2, 0.25) is 0 Å². The molecule has 62 heavy (non-hydrogen) atoms. The molecule has 17 heteroatoms. The number of aliphatic hydroxyl groups excluding tert-OH is 2. The zero-order valence-electron chi connectivity index (χ0n) is 35.7. The molecule has 6 rings (SSSR count). The van der Waals surface area contributed by atoms with E-state index in [4.69, 9.17) is 18.9 Å². The number of amides is 2. The van der Waals surface area contributed by atoms with E-state index in [1.54, 1.807) is 45.9 Å². The van der Waals surface area contributed by atoms with Crippen molar-refractivity contribution in [3.63, 3.8) is 0 Å². The SMILES string of the molecule is COC1/C=C/OC2(C)Oc3c(C)c(O)c4c(O)c(c(/C=N/NC(=O)c5ccc(Br)cc5)c(O)c4c3C2=O)NC(=O)/C(C)=C/C=C/C(C)C(O)C(C)C(O)C(C)C(OC(C)=O)C1C. The van der Waals surface area contributed by atoms with Crippen molar-refractivity contribution in [1.82, 2.24) is 5.43 Å². The van der Waals surface area contributed by atoms with Gasteiger partial charge in [-0.15, -0.1) is 0 Å². The number of halogens is 1. The number of Topliss-reactive ketones (excluding diaryl/α,β-unsaturated/α-hetero) is 1. The van der Waals surface area contributed by atoms with E-state index in [-0.39, 0.29) is 39.0 Å². The van der Waals surface area contributed by atoms with Crippen molar-refractivity contribution < 1.29 is 63.7 Å².